The molecular weight excluding hydrogens is 580 g/mol. The number of rotatable bonds is 9. The molecule has 0 saturated heterocycles. The number of hydrogen-bond acceptors (Lipinski definition) is 4. The maximum atomic E-state index is 10.6. The number of phenols is 4. The molecule has 4 nitrogen and oxygen atoms in total. The highest BCUT2D eigenvalue weighted by molar-refractivity contribution is 5.58. The van der Waals surface area contributed by atoms with E-state index in [2.05, 4.69) is 27.0 Å². The summed E-state index contributed by atoms with van der Waals surface area (Å²) in [6, 6.07) is 16.2. The minimum atomic E-state index is -0.678. The van der Waals surface area contributed by atoms with Crippen molar-refractivity contribution < 1.29 is 20.4 Å². The van der Waals surface area contributed by atoms with Crippen LogP contribution in [0.1, 0.15) is 87.0 Å². The second-order valence-electron chi connectivity index (χ2n) is 14.0. The second kappa shape index (κ2) is 12.8. The maximum Gasteiger partial charge on any atom is 0.121 e. The van der Waals surface area contributed by atoms with Crippen molar-refractivity contribution in [2.24, 2.45) is 0 Å². The van der Waals surface area contributed by atoms with Crippen LogP contribution in [0.3, 0.4) is 0 Å². The van der Waals surface area contributed by atoms with Crippen molar-refractivity contribution in [2.75, 3.05) is 0 Å². The van der Waals surface area contributed by atoms with Crippen LogP contribution in [0.5, 0.6) is 23.0 Å². The summed E-state index contributed by atoms with van der Waals surface area (Å²) in [4.78, 5) is 0. The van der Waals surface area contributed by atoms with E-state index in [1.807, 2.05) is 116 Å². The summed E-state index contributed by atoms with van der Waals surface area (Å²) in [5, 5.41) is 42.3. The van der Waals surface area contributed by atoms with Crippen molar-refractivity contribution in [1.82, 2.24) is 0 Å². The molecule has 0 unspecified atom stereocenters. The minimum absolute atomic E-state index is 0.280. The third kappa shape index (κ3) is 6.47. The molecule has 0 aliphatic heterocycles. The summed E-state index contributed by atoms with van der Waals surface area (Å²) in [7, 11) is 0. The molecule has 0 atom stereocenters. The molecule has 4 aromatic rings. The van der Waals surface area contributed by atoms with E-state index in [9.17, 15) is 20.4 Å². The largest absolute Gasteiger partial charge is 0.507 e. The van der Waals surface area contributed by atoms with E-state index < -0.39 is 10.8 Å². The van der Waals surface area contributed by atoms with Gasteiger partial charge in [0, 0.05) is 10.8 Å². The topological polar surface area (TPSA) is 80.9 Å². The zero-order valence-electron chi connectivity index (χ0n) is 29.7. The highest BCUT2D eigenvalue weighted by Crippen LogP contribution is 2.45. The van der Waals surface area contributed by atoms with Gasteiger partial charge in [-0.3, -0.25) is 0 Å². The molecule has 4 rings (SSSR count). The van der Waals surface area contributed by atoms with Gasteiger partial charge in [-0.1, -0.05) is 86.3 Å². The van der Waals surface area contributed by atoms with Crippen LogP contribution in [0.15, 0.2) is 85.0 Å². The first-order chi connectivity index (χ1) is 21.8. The summed E-state index contributed by atoms with van der Waals surface area (Å²) in [5.74, 6) is 1.15. The first-order valence-electron chi connectivity index (χ1n) is 16.1. The van der Waals surface area contributed by atoms with Crippen LogP contribution in [0.25, 0.3) is 0 Å². The van der Waals surface area contributed by atoms with Gasteiger partial charge in [0.15, 0.2) is 0 Å². The molecule has 4 N–H and O–H groups in total. The van der Waals surface area contributed by atoms with E-state index in [0.29, 0.717) is 17.9 Å². The number of hydrogen-bond donors (Lipinski definition) is 4. The summed E-state index contributed by atoms with van der Waals surface area (Å²) in [5.41, 5.74) is 11.0. The number of aromatic hydroxyl groups is 4. The van der Waals surface area contributed by atoms with Gasteiger partial charge in [0.25, 0.3) is 0 Å². The lowest BCUT2D eigenvalue weighted by Gasteiger charge is -2.34. The third-order valence-electron chi connectivity index (χ3n) is 10.1. The number of benzene rings is 4. The van der Waals surface area contributed by atoms with E-state index in [4.69, 9.17) is 0 Å². The zero-order chi connectivity index (χ0) is 35.2. The van der Waals surface area contributed by atoms with Gasteiger partial charge in [-0.05, 0) is 141 Å². The normalized spacial score (nSPS) is 12.1. The lowest BCUT2D eigenvalue weighted by molar-refractivity contribution is 0.463. The lowest BCUT2D eigenvalue weighted by Crippen LogP contribution is -2.26. The Morgan fingerprint density at radius 3 is 1.02 bits per heavy atom. The van der Waals surface area contributed by atoms with E-state index >= 15 is 0 Å². The van der Waals surface area contributed by atoms with Crippen molar-refractivity contribution in [2.45, 2.75) is 86.5 Å². The van der Waals surface area contributed by atoms with Gasteiger partial charge in [-0.15, -0.1) is 0 Å². The molecule has 4 heteroatoms. The molecule has 0 saturated carbocycles. The van der Waals surface area contributed by atoms with Gasteiger partial charge in [0.1, 0.15) is 23.0 Å². The first kappa shape index (κ1) is 35.2. The van der Waals surface area contributed by atoms with E-state index in [0.717, 1.165) is 77.9 Å². The van der Waals surface area contributed by atoms with Gasteiger partial charge < -0.3 is 20.4 Å². The Kier molecular flexibility index (Phi) is 9.60. The molecule has 0 radical (unpaired) electrons. The fourth-order valence-corrected chi connectivity index (χ4v) is 6.84. The molecule has 0 bridgehead atoms. The van der Waals surface area contributed by atoms with Crippen molar-refractivity contribution in [3.63, 3.8) is 0 Å². The fourth-order valence-electron chi connectivity index (χ4n) is 6.84. The number of aryl methyl sites for hydroxylation is 8. The molecule has 0 aromatic heterocycles. The molecule has 4 aromatic carbocycles. The Morgan fingerprint density at radius 2 is 0.745 bits per heavy atom. The van der Waals surface area contributed by atoms with Crippen molar-refractivity contribution in [3.8, 4) is 23.0 Å². The lowest BCUT2D eigenvalue weighted by atomic mass is 9.69. The number of allylic oxidation sites excluding steroid dienone is 4. The quantitative estimate of drug-likeness (QED) is 0.139. The summed E-state index contributed by atoms with van der Waals surface area (Å²) in [6.45, 7) is 28.7. The van der Waals surface area contributed by atoms with Gasteiger partial charge >= 0.3 is 0 Å². The summed E-state index contributed by atoms with van der Waals surface area (Å²) in [6.07, 6.45) is 4.63. The van der Waals surface area contributed by atoms with Gasteiger partial charge in [-0.25, -0.2) is 0 Å². The van der Waals surface area contributed by atoms with Crippen LogP contribution in [0, 0.1) is 55.4 Å². The van der Waals surface area contributed by atoms with Crippen LogP contribution in [0.4, 0.5) is 0 Å². The SMILES string of the molecule is C=C(/C=C\C(=C)C(C)(c1cc(C)c(O)c(C)c1)c1cc(C)c(O)c(C)c1)CC(C)(c1cc(C)c(O)c(C)c1)c1cc(C)c(O)c(C)c1. The highest BCUT2D eigenvalue weighted by atomic mass is 16.3. The Labute approximate surface area is 281 Å². The molecule has 0 heterocycles. The van der Waals surface area contributed by atoms with Crippen LogP contribution in [-0.2, 0) is 10.8 Å². The molecular formula is C43H50O4. The molecule has 0 aliphatic rings. The van der Waals surface area contributed by atoms with Crippen LogP contribution in [-0.4, -0.2) is 20.4 Å². The Morgan fingerprint density at radius 1 is 0.489 bits per heavy atom. The smallest absolute Gasteiger partial charge is 0.121 e. The predicted molar refractivity (Wildman–Crippen MR) is 195 cm³/mol. The average Bonchev–Trinajstić information content (AvgIpc) is 3.01. The zero-order valence-corrected chi connectivity index (χ0v) is 29.7. The van der Waals surface area contributed by atoms with Crippen LogP contribution in [0.2, 0.25) is 0 Å². The standard InChI is InChI=1S/C43H50O4/c1-24(23-42(11,34-15-25(2)38(44)26(3)16-34)35-17-27(4)39(45)28(5)18-35)13-14-33(10)43(12,36-19-29(6)40(46)30(7)20-36)37-21-31(8)41(47)32(9)22-37/h13-22,44-47H,1,10,23H2,2-9,11-12H3/b14-13-. The molecule has 0 aliphatic carbocycles. The molecule has 47 heavy (non-hydrogen) atoms. The fraction of sp³-hybridized carbons (Fsp3) is 0.302. The van der Waals surface area contributed by atoms with E-state index in [1.54, 1.807) is 0 Å². The first-order valence-corrected chi connectivity index (χ1v) is 16.1. The van der Waals surface area contributed by atoms with Crippen molar-refractivity contribution in [1.29, 1.82) is 0 Å². The van der Waals surface area contributed by atoms with Crippen molar-refractivity contribution >= 4 is 0 Å². The molecule has 0 fully saturated rings. The predicted octanol–water partition coefficient (Wildman–Crippen LogP) is 10.3. The van der Waals surface area contributed by atoms with Gasteiger partial charge in [0.2, 0.25) is 0 Å². The summed E-state index contributed by atoms with van der Waals surface area (Å²) < 4.78 is 0. The Balaban J connectivity index is 1.82. The third-order valence-corrected chi connectivity index (χ3v) is 10.1. The second-order valence-corrected chi connectivity index (χ2v) is 14.0. The molecule has 246 valence electrons. The van der Waals surface area contributed by atoms with Gasteiger partial charge in [-0.2, -0.15) is 0 Å². The van der Waals surface area contributed by atoms with Gasteiger partial charge in [0.05, 0.1) is 0 Å². The summed E-state index contributed by atoms with van der Waals surface area (Å²) >= 11 is 0. The Bertz CT molecular complexity index is 1730. The average molecular weight is 631 g/mol. The molecule has 0 amide bonds. The Hall–Kier alpha value is -4.70. The highest BCUT2D eigenvalue weighted by Gasteiger charge is 2.34. The van der Waals surface area contributed by atoms with E-state index in [1.165, 1.54) is 0 Å². The van der Waals surface area contributed by atoms with Crippen molar-refractivity contribution in [3.05, 3.63) is 152 Å². The van der Waals surface area contributed by atoms with E-state index in [-0.39, 0.29) is 11.5 Å². The maximum absolute atomic E-state index is 10.6. The van der Waals surface area contributed by atoms with Crippen LogP contribution >= 0.6 is 0 Å². The number of phenolic OH excluding ortho intramolecular Hbond substituents is 4. The monoisotopic (exact) mass is 630 g/mol. The molecule has 0 spiro atoms. The van der Waals surface area contributed by atoms with Crippen LogP contribution < -0.4 is 0 Å². The minimum Gasteiger partial charge on any atom is -0.507 e.